The van der Waals surface area contributed by atoms with Gasteiger partial charge in [-0.1, -0.05) is 19.1 Å². The van der Waals surface area contributed by atoms with Crippen LogP contribution in [0.3, 0.4) is 0 Å². The van der Waals surface area contributed by atoms with Crippen LogP contribution in [0.5, 0.6) is 0 Å². The van der Waals surface area contributed by atoms with Crippen LogP contribution in [0, 0.1) is 0 Å². The summed E-state index contributed by atoms with van der Waals surface area (Å²) in [6, 6.07) is 1.35. The van der Waals surface area contributed by atoms with Crippen LogP contribution >= 0.6 is 11.3 Å². The molecular formula is C10H16N2OSSi. The molecule has 5 heteroatoms. The van der Waals surface area contributed by atoms with Gasteiger partial charge in [-0.15, -0.1) is 11.3 Å². The van der Waals surface area contributed by atoms with E-state index in [0.717, 1.165) is 17.6 Å². The average Bonchev–Trinajstić information content (AvgIpc) is 2.67. The minimum Gasteiger partial charge on any atom is -0.341 e. The van der Waals surface area contributed by atoms with Crippen LogP contribution in [0.2, 0.25) is 19.1 Å². The van der Waals surface area contributed by atoms with Gasteiger partial charge in [0.15, 0.2) is 0 Å². The Kier molecular flexibility index (Phi) is 2.93. The van der Waals surface area contributed by atoms with Gasteiger partial charge in [0.2, 0.25) is 0 Å². The van der Waals surface area contributed by atoms with Gasteiger partial charge in [-0.05, 0) is 6.42 Å². The van der Waals surface area contributed by atoms with Crippen LogP contribution in [-0.4, -0.2) is 36.6 Å². The van der Waals surface area contributed by atoms with Gasteiger partial charge in [0.25, 0.3) is 5.91 Å². The second kappa shape index (κ2) is 4.06. The summed E-state index contributed by atoms with van der Waals surface area (Å²) in [7, 11) is -1.14. The molecular weight excluding hydrogens is 224 g/mol. The summed E-state index contributed by atoms with van der Waals surface area (Å²) in [5.74, 6) is 0.178. The molecule has 1 aromatic rings. The fourth-order valence-electron chi connectivity index (χ4n) is 2.07. The molecule has 0 radical (unpaired) electrons. The Morgan fingerprint density at radius 3 is 3.00 bits per heavy atom. The quantitative estimate of drug-likeness (QED) is 0.705. The molecule has 0 N–H and O–H groups in total. The number of nitrogens with zero attached hydrogens (tertiary/aromatic N) is 2. The van der Waals surface area contributed by atoms with Crippen LogP contribution < -0.4 is 0 Å². The Labute approximate surface area is 95.1 Å². The molecule has 0 atom stereocenters. The highest BCUT2D eigenvalue weighted by Gasteiger charge is 2.31. The molecule has 1 amide bonds. The van der Waals surface area contributed by atoms with Crippen molar-refractivity contribution in [2.75, 3.05) is 12.7 Å². The van der Waals surface area contributed by atoms with E-state index in [0.29, 0.717) is 0 Å². The van der Waals surface area contributed by atoms with E-state index in [4.69, 9.17) is 0 Å². The number of rotatable bonds is 1. The van der Waals surface area contributed by atoms with Gasteiger partial charge >= 0.3 is 0 Å². The molecule has 82 valence electrons. The smallest absolute Gasteiger partial charge is 0.265 e. The third kappa shape index (κ3) is 2.46. The lowest BCUT2D eigenvalue weighted by atomic mass is 10.4. The zero-order valence-corrected chi connectivity index (χ0v) is 11.0. The molecule has 15 heavy (non-hydrogen) atoms. The molecule has 1 aliphatic heterocycles. The SMILES string of the molecule is C[Si]1(C)CCCN(C(=O)c2cncs2)C1. The second-order valence-electron chi connectivity index (χ2n) is 4.86. The molecule has 1 saturated heterocycles. The summed E-state index contributed by atoms with van der Waals surface area (Å²) in [6.45, 7) is 5.64. The first kappa shape index (κ1) is 10.8. The van der Waals surface area contributed by atoms with Gasteiger partial charge in [0.1, 0.15) is 4.88 Å². The van der Waals surface area contributed by atoms with E-state index in [-0.39, 0.29) is 5.91 Å². The van der Waals surface area contributed by atoms with Gasteiger partial charge in [0.05, 0.1) is 19.8 Å². The molecule has 0 aromatic carbocycles. The molecule has 2 rings (SSSR count). The first-order chi connectivity index (χ1) is 7.08. The Balaban J connectivity index is 2.08. The number of hydrogen-bond donors (Lipinski definition) is 0. The topological polar surface area (TPSA) is 33.2 Å². The Hall–Kier alpha value is -0.683. The highest BCUT2D eigenvalue weighted by molar-refractivity contribution is 7.11. The lowest BCUT2D eigenvalue weighted by Gasteiger charge is -2.36. The van der Waals surface area contributed by atoms with Gasteiger partial charge in [-0.2, -0.15) is 0 Å². The summed E-state index contributed by atoms with van der Waals surface area (Å²) in [5.41, 5.74) is 1.72. The monoisotopic (exact) mass is 240 g/mol. The van der Waals surface area contributed by atoms with E-state index < -0.39 is 8.07 Å². The molecule has 1 aliphatic rings. The van der Waals surface area contributed by atoms with Crippen LogP contribution in [0.25, 0.3) is 0 Å². The van der Waals surface area contributed by atoms with Crippen molar-refractivity contribution in [3.63, 3.8) is 0 Å². The van der Waals surface area contributed by atoms with Crippen LogP contribution in [0.15, 0.2) is 11.7 Å². The third-order valence-corrected chi connectivity index (χ3v) is 6.54. The number of thiazole rings is 1. The number of carbonyl (C=O) groups is 1. The normalized spacial score (nSPS) is 20.3. The summed E-state index contributed by atoms with van der Waals surface area (Å²) in [6.07, 6.45) is 3.85. The van der Waals surface area contributed by atoms with Crippen LogP contribution in [-0.2, 0) is 0 Å². The summed E-state index contributed by atoms with van der Waals surface area (Å²) in [5, 5.41) is 0. The van der Waals surface area contributed by atoms with Gasteiger partial charge in [0, 0.05) is 12.7 Å². The highest BCUT2D eigenvalue weighted by Crippen LogP contribution is 2.22. The first-order valence-electron chi connectivity index (χ1n) is 5.26. The molecule has 0 saturated carbocycles. The first-order valence-corrected chi connectivity index (χ1v) is 9.56. The van der Waals surface area contributed by atoms with Crippen molar-refractivity contribution in [2.24, 2.45) is 0 Å². The maximum Gasteiger partial charge on any atom is 0.265 e. The summed E-state index contributed by atoms with van der Waals surface area (Å²) < 4.78 is 0. The summed E-state index contributed by atoms with van der Waals surface area (Å²) in [4.78, 5) is 18.8. The van der Waals surface area contributed by atoms with E-state index in [1.54, 1.807) is 11.7 Å². The van der Waals surface area contributed by atoms with Crippen molar-refractivity contribution in [3.8, 4) is 0 Å². The molecule has 2 heterocycles. The summed E-state index contributed by atoms with van der Waals surface area (Å²) >= 11 is 1.44. The predicted octanol–water partition coefficient (Wildman–Crippen LogP) is 2.24. The molecule has 0 spiro atoms. The molecule has 1 fully saturated rings. The number of amides is 1. The van der Waals surface area contributed by atoms with Crippen LogP contribution in [0.1, 0.15) is 16.1 Å². The fourth-order valence-corrected chi connectivity index (χ4v) is 5.27. The average molecular weight is 240 g/mol. The highest BCUT2D eigenvalue weighted by atomic mass is 32.1. The van der Waals surface area contributed by atoms with Crippen molar-refractivity contribution in [1.29, 1.82) is 0 Å². The van der Waals surface area contributed by atoms with E-state index in [1.165, 1.54) is 23.8 Å². The van der Waals surface area contributed by atoms with Crippen molar-refractivity contribution in [2.45, 2.75) is 25.6 Å². The van der Waals surface area contributed by atoms with E-state index in [2.05, 4.69) is 18.1 Å². The zero-order valence-electron chi connectivity index (χ0n) is 9.19. The third-order valence-electron chi connectivity index (χ3n) is 2.83. The minimum atomic E-state index is -1.14. The van der Waals surface area contributed by atoms with Crippen molar-refractivity contribution in [1.82, 2.24) is 9.88 Å². The molecule has 3 nitrogen and oxygen atoms in total. The number of carbonyl (C=O) groups excluding carboxylic acids is 1. The molecule has 0 aliphatic carbocycles. The second-order valence-corrected chi connectivity index (χ2v) is 10.9. The van der Waals surface area contributed by atoms with Crippen molar-refractivity contribution < 1.29 is 4.79 Å². The largest absolute Gasteiger partial charge is 0.341 e. The van der Waals surface area contributed by atoms with Gasteiger partial charge < -0.3 is 4.90 Å². The minimum absolute atomic E-state index is 0.178. The van der Waals surface area contributed by atoms with Gasteiger partial charge in [-0.3, -0.25) is 9.78 Å². The van der Waals surface area contributed by atoms with Crippen molar-refractivity contribution in [3.05, 3.63) is 16.6 Å². The molecule has 0 bridgehead atoms. The maximum atomic E-state index is 12.1. The standard InChI is InChI=1S/C10H16N2OSSi/c1-15(2)5-3-4-12(8-15)10(13)9-6-11-7-14-9/h6-7H,3-5,8H2,1-2H3. The Morgan fingerprint density at radius 1 is 1.60 bits per heavy atom. The fraction of sp³-hybridized carbons (Fsp3) is 0.600. The van der Waals surface area contributed by atoms with E-state index >= 15 is 0 Å². The molecule has 0 unspecified atom stereocenters. The number of aromatic nitrogens is 1. The Bertz CT molecular complexity index is 350. The predicted molar refractivity (Wildman–Crippen MR) is 64.9 cm³/mol. The number of hydrogen-bond acceptors (Lipinski definition) is 3. The van der Waals surface area contributed by atoms with Crippen LogP contribution in [0.4, 0.5) is 0 Å². The van der Waals surface area contributed by atoms with Gasteiger partial charge in [-0.25, -0.2) is 0 Å². The van der Waals surface area contributed by atoms with Crippen molar-refractivity contribution >= 4 is 25.3 Å². The molecule has 1 aromatic heterocycles. The Morgan fingerprint density at radius 2 is 2.40 bits per heavy atom. The lowest BCUT2D eigenvalue weighted by molar-refractivity contribution is 0.0777. The maximum absolute atomic E-state index is 12.1. The van der Waals surface area contributed by atoms with E-state index in [9.17, 15) is 4.79 Å². The zero-order chi connectivity index (χ0) is 10.9. The lowest BCUT2D eigenvalue weighted by Crippen LogP contribution is -2.49. The van der Waals surface area contributed by atoms with E-state index in [1.807, 2.05) is 4.90 Å².